The molecule has 0 saturated carbocycles. The smallest absolute Gasteiger partial charge is 0.295 e. The predicted molar refractivity (Wildman–Crippen MR) is 94.5 cm³/mol. The van der Waals surface area contributed by atoms with Gasteiger partial charge in [0.2, 0.25) is 0 Å². The van der Waals surface area contributed by atoms with Crippen LogP contribution in [0.1, 0.15) is 32.9 Å². The van der Waals surface area contributed by atoms with Gasteiger partial charge in [0, 0.05) is 37.6 Å². The fourth-order valence-corrected chi connectivity index (χ4v) is 3.49. The molecule has 2 aromatic rings. The predicted octanol–water partition coefficient (Wildman–Crippen LogP) is 1.99. The number of hydrogen-bond acceptors (Lipinski definition) is 5. The molecular formula is C18H19N3O3S. The molecule has 1 saturated heterocycles. The number of rotatable bonds is 5. The van der Waals surface area contributed by atoms with Crippen LogP contribution in [0.15, 0.2) is 42.0 Å². The van der Waals surface area contributed by atoms with E-state index in [-0.39, 0.29) is 5.91 Å². The third kappa shape index (κ3) is 4.30. The molecule has 3 rings (SSSR count). The quantitative estimate of drug-likeness (QED) is 0.656. The monoisotopic (exact) mass is 357 g/mol. The lowest BCUT2D eigenvalue weighted by Crippen LogP contribution is -2.44. The minimum Gasteiger partial charge on any atom is -0.352 e. The average molecular weight is 357 g/mol. The van der Waals surface area contributed by atoms with E-state index in [0.29, 0.717) is 36.0 Å². The molecule has 0 bridgehead atoms. The van der Waals surface area contributed by atoms with Gasteiger partial charge in [-0.3, -0.25) is 19.4 Å². The summed E-state index contributed by atoms with van der Waals surface area (Å²) in [7, 11) is 0. The van der Waals surface area contributed by atoms with Crippen molar-refractivity contribution in [2.24, 2.45) is 5.92 Å². The van der Waals surface area contributed by atoms with E-state index in [2.05, 4.69) is 10.3 Å². The molecule has 0 unspecified atom stereocenters. The van der Waals surface area contributed by atoms with E-state index in [1.807, 2.05) is 0 Å². The van der Waals surface area contributed by atoms with E-state index in [0.717, 1.165) is 12.8 Å². The SMILES string of the molecule is O=C(NCC1CCN(C(=O)C(=O)c2cccs2)CC1)c1ccncc1. The zero-order valence-electron chi connectivity index (χ0n) is 13.7. The molecule has 0 radical (unpaired) electrons. The number of piperidine rings is 1. The molecule has 0 spiro atoms. The lowest BCUT2D eigenvalue weighted by Gasteiger charge is -2.31. The van der Waals surface area contributed by atoms with Crippen molar-refractivity contribution < 1.29 is 14.4 Å². The molecule has 6 nitrogen and oxygen atoms in total. The molecule has 7 heteroatoms. The Kier molecular flexibility index (Phi) is 5.55. The summed E-state index contributed by atoms with van der Waals surface area (Å²) in [5.74, 6) is -0.665. The Bertz CT molecular complexity index is 738. The molecule has 1 aliphatic rings. The minimum absolute atomic E-state index is 0.117. The summed E-state index contributed by atoms with van der Waals surface area (Å²) in [6, 6.07) is 6.79. The van der Waals surface area contributed by atoms with Gasteiger partial charge in [-0.15, -0.1) is 11.3 Å². The molecule has 25 heavy (non-hydrogen) atoms. The van der Waals surface area contributed by atoms with Gasteiger partial charge in [0.25, 0.3) is 17.6 Å². The molecule has 0 aromatic carbocycles. The second-order valence-corrected chi connectivity index (χ2v) is 6.94. The zero-order valence-corrected chi connectivity index (χ0v) is 14.5. The highest BCUT2D eigenvalue weighted by molar-refractivity contribution is 7.13. The van der Waals surface area contributed by atoms with E-state index in [1.165, 1.54) is 11.3 Å². The van der Waals surface area contributed by atoms with Crippen molar-refractivity contribution >= 4 is 28.9 Å². The van der Waals surface area contributed by atoms with Gasteiger partial charge in [0.1, 0.15) is 0 Å². The van der Waals surface area contributed by atoms with Gasteiger partial charge in [-0.25, -0.2) is 0 Å². The largest absolute Gasteiger partial charge is 0.352 e. The minimum atomic E-state index is -0.431. The number of Topliss-reactive ketones (excluding diaryl/α,β-unsaturated/α-hetero) is 1. The number of ketones is 1. The van der Waals surface area contributed by atoms with Crippen LogP contribution in [0, 0.1) is 5.92 Å². The summed E-state index contributed by atoms with van der Waals surface area (Å²) in [4.78, 5) is 42.4. The summed E-state index contributed by atoms with van der Waals surface area (Å²) >= 11 is 1.28. The summed E-state index contributed by atoms with van der Waals surface area (Å²) in [5, 5.41) is 4.71. The Morgan fingerprint density at radius 3 is 2.52 bits per heavy atom. The number of carbonyl (C=O) groups excluding carboxylic acids is 3. The fraction of sp³-hybridized carbons (Fsp3) is 0.333. The number of thiophene rings is 1. The Morgan fingerprint density at radius 1 is 1.16 bits per heavy atom. The Hall–Kier alpha value is -2.54. The molecule has 1 fully saturated rings. The van der Waals surface area contributed by atoms with E-state index < -0.39 is 11.7 Å². The number of aromatic nitrogens is 1. The van der Waals surface area contributed by atoms with Crippen molar-refractivity contribution in [3.8, 4) is 0 Å². The van der Waals surface area contributed by atoms with Gasteiger partial charge in [0.05, 0.1) is 4.88 Å². The first-order valence-corrected chi connectivity index (χ1v) is 9.08. The first kappa shape index (κ1) is 17.3. The number of carbonyl (C=O) groups is 3. The van der Waals surface area contributed by atoms with Gasteiger partial charge in [-0.2, -0.15) is 0 Å². The second kappa shape index (κ2) is 8.02. The van der Waals surface area contributed by atoms with Crippen LogP contribution in [-0.4, -0.2) is 47.1 Å². The van der Waals surface area contributed by atoms with Crippen LogP contribution in [-0.2, 0) is 4.79 Å². The van der Waals surface area contributed by atoms with Gasteiger partial charge < -0.3 is 10.2 Å². The molecule has 2 aromatic heterocycles. The van der Waals surface area contributed by atoms with Crippen LogP contribution in [0.4, 0.5) is 0 Å². The van der Waals surface area contributed by atoms with Crippen molar-refractivity contribution in [2.45, 2.75) is 12.8 Å². The molecule has 1 N–H and O–H groups in total. The first-order valence-electron chi connectivity index (χ1n) is 8.20. The van der Waals surface area contributed by atoms with E-state index in [9.17, 15) is 14.4 Å². The van der Waals surface area contributed by atoms with Gasteiger partial charge in [-0.05, 0) is 42.3 Å². The second-order valence-electron chi connectivity index (χ2n) is 5.99. The van der Waals surface area contributed by atoms with Crippen LogP contribution < -0.4 is 5.32 Å². The molecule has 1 aliphatic heterocycles. The van der Waals surface area contributed by atoms with Crippen LogP contribution in [0.5, 0.6) is 0 Å². The summed E-state index contributed by atoms with van der Waals surface area (Å²) < 4.78 is 0. The molecule has 130 valence electrons. The Balaban J connectivity index is 1.45. The highest BCUT2D eigenvalue weighted by Gasteiger charge is 2.28. The first-order chi connectivity index (χ1) is 12.1. The highest BCUT2D eigenvalue weighted by Crippen LogP contribution is 2.18. The van der Waals surface area contributed by atoms with Crippen LogP contribution in [0.2, 0.25) is 0 Å². The number of pyridine rings is 1. The topological polar surface area (TPSA) is 79.4 Å². The summed E-state index contributed by atoms with van der Waals surface area (Å²) in [5.41, 5.74) is 0.587. The lowest BCUT2D eigenvalue weighted by molar-refractivity contribution is -0.127. The number of likely N-dealkylation sites (tertiary alicyclic amines) is 1. The number of hydrogen-bond donors (Lipinski definition) is 1. The highest BCUT2D eigenvalue weighted by atomic mass is 32.1. The summed E-state index contributed by atoms with van der Waals surface area (Å²) in [6.07, 6.45) is 4.73. The van der Waals surface area contributed by atoms with E-state index >= 15 is 0 Å². The molecular weight excluding hydrogens is 338 g/mol. The maximum Gasteiger partial charge on any atom is 0.295 e. The van der Waals surface area contributed by atoms with Gasteiger partial charge >= 0.3 is 0 Å². The van der Waals surface area contributed by atoms with Crippen LogP contribution in [0.25, 0.3) is 0 Å². The van der Waals surface area contributed by atoms with Gasteiger partial charge in [-0.1, -0.05) is 6.07 Å². The maximum atomic E-state index is 12.3. The average Bonchev–Trinajstić information content (AvgIpc) is 3.21. The van der Waals surface area contributed by atoms with Crippen LogP contribution in [0.3, 0.4) is 0 Å². The zero-order chi connectivity index (χ0) is 17.6. The van der Waals surface area contributed by atoms with Crippen LogP contribution >= 0.6 is 11.3 Å². The normalized spacial score (nSPS) is 15.0. The fourth-order valence-electron chi connectivity index (χ4n) is 2.84. The number of nitrogens with zero attached hydrogens (tertiary/aromatic N) is 2. The standard InChI is InChI=1S/C18H19N3O3S/c22-16(15-2-1-11-25-15)18(24)21-9-5-13(6-10-21)12-20-17(23)14-3-7-19-8-4-14/h1-4,7-8,11,13H,5-6,9-10,12H2,(H,20,23). The summed E-state index contributed by atoms with van der Waals surface area (Å²) in [6.45, 7) is 1.67. The number of nitrogens with one attached hydrogen (secondary N) is 1. The molecule has 0 aliphatic carbocycles. The maximum absolute atomic E-state index is 12.3. The van der Waals surface area contributed by atoms with E-state index in [4.69, 9.17) is 0 Å². The van der Waals surface area contributed by atoms with Gasteiger partial charge in [0.15, 0.2) is 0 Å². The van der Waals surface area contributed by atoms with Crippen molar-refractivity contribution in [3.63, 3.8) is 0 Å². The molecule has 3 heterocycles. The Labute approximate surface area is 149 Å². The number of amides is 2. The molecule has 0 atom stereocenters. The lowest BCUT2D eigenvalue weighted by atomic mass is 9.96. The van der Waals surface area contributed by atoms with Crippen molar-refractivity contribution in [2.75, 3.05) is 19.6 Å². The third-order valence-electron chi connectivity index (χ3n) is 4.33. The van der Waals surface area contributed by atoms with E-state index in [1.54, 1.807) is 46.9 Å². The molecule has 2 amide bonds. The Morgan fingerprint density at radius 2 is 1.88 bits per heavy atom. The van der Waals surface area contributed by atoms with Crippen molar-refractivity contribution in [1.82, 2.24) is 15.2 Å². The third-order valence-corrected chi connectivity index (χ3v) is 5.20. The van der Waals surface area contributed by atoms with Crippen molar-refractivity contribution in [1.29, 1.82) is 0 Å². The van der Waals surface area contributed by atoms with Crippen molar-refractivity contribution in [3.05, 3.63) is 52.5 Å².